The fraction of sp³-hybridized carbons (Fsp3) is 0.571. The highest BCUT2D eigenvalue weighted by Crippen LogP contribution is 2.32. The van der Waals surface area contributed by atoms with Crippen LogP contribution in [0.4, 0.5) is 18.9 Å². The zero-order valence-corrected chi connectivity index (χ0v) is 11.8. The van der Waals surface area contributed by atoms with Crippen LogP contribution in [-0.4, -0.2) is 31.9 Å². The number of nitrogens with one attached hydrogen (secondary N) is 1. The molecule has 112 valence electrons. The molecule has 1 aliphatic rings. The Labute approximate surface area is 116 Å². The summed E-state index contributed by atoms with van der Waals surface area (Å²) in [6, 6.07) is 5.25. The van der Waals surface area contributed by atoms with Crippen molar-refractivity contribution < 1.29 is 17.9 Å². The van der Waals surface area contributed by atoms with Gasteiger partial charge in [-0.2, -0.15) is 13.2 Å². The number of benzene rings is 1. The molecule has 0 saturated heterocycles. The maximum Gasteiger partial charge on any atom is 0.405 e. The Balaban J connectivity index is 2.41. The van der Waals surface area contributed by atoms with Gasteiger partial charge in [-0.15, -0.1) is 0 Å². The molecule has 1 aromatic carbocycles. The van der Waals surface area contributed by atoms with Crippen LogP contribution < -0.4 is 15.0 Å². The summed E-state index contributed by atoms with van der Waals surface area (Å²) in [4.78, 5) is 1.37. The van der Waals surface area contributed by atoms with Gasteiger partial charge in [0.2, 0.25) is 0 Å². The molecule has 6 heteroatoms. The first-order chi connectivity index (χ1) is 9.20. The molecule has 0 aromatic heterocycles. The van der Waals surface area contributed by atoms with E-state index in [1.807, 2.05) is 19.9 Å². The first-order valence-corrected chi connectivity index (χ1v) is 6.44. The molecule has 0 amide bonds. The SMILES string of the molecule is COc1ccc2c(c1)N(CC(F)(F)F)CC(C)(C)NC2. The molecule has 0 bridgehead atoms. The molecule has 0 unspecified atom stereocenters. The molecular formula is C14H19F3N2O. The lowest BCUT2D eigenvalue weighted by Gasteiger charge is -2.32. The summed E-state index contributed by atoms with van der Waals surface area (Å²) in [7, 11) is 1.51. The van der Waals surface area contributed by atoms with Crippen LogP contribution in [0.3, 0.4) is 0 Å². The van der Waals surface area contributed by atoms with Gasteiger partial charge in [0.25, 0.3) is 0 Å². The highest BCUT2D eigenvalue weighted by molar-refractivity contribution is 5.58. The van der Waals surface area contributed by atoms with E-state index in [4.69, 9.17) is 4.74 Å². The van der Waals surface area contributed by atoms with Gasteiger partial charge in [-0.1, -0.05) is 6.07 Å². The van der Waals surface area contributed by atoms with Crippen LogP contribution >= 0.6 is 0 Å². The Morgan fingerprint density at radius 2 is 2.05 bits per heavy atom. The van der Waals surface area contributed by atoms with Crippen molar-refractivity contribution in [3.8, 4) is 5.75 Å². The Morgan fingerprint density at radius 3 is 2.65 bits per heavy atom. The quantitative estimate of drug-likeness (QED) is 0.905. The minimum absolute atomic E-state index is 0.284. The van der Waals surface area contributed by atoms with Gasteiger partial charge >= 0.3 is 6.18 Å². The summed E-state index contributed by atoms with van der Waals surface area (Å²) in [5.41, 5.74) is 1.04. The Kier molecular flexibility index (Phi) is 3.86. The molecule has 0 fully saturated rings. The van der Waals surface area contributed by atoms with Crippen LogP contribution in [0.1, 0.15) is 19.4 Å². The van der Waals surface area contributed by atoms with Crippen molar-refractivity contribution in [1.29, 1.82) is 0 Å². The van der Waals surface area contributed by atoms with E-state index in [0.29, 0.717) is 18.0 Å². The van der Waals surface area contributed by atoms with E-state index in [2.05, 4.69) is 5.32 Å². The van der Waals surface area contributed by atoms with Gasteiger partial charge in [-0.3, -0.25) is 0 Å². The van der Waals surface area contributed by atoms with Gasteiger partial charge in [0.1, 0.15) is 12.3 Å². The monoisotopic (exact) mass is 288 g/mol. The minimum atomic E-state index is -4.24. The Morgan fingerprint density at radius 1 is 1.35 bits per heavy atom. The summed E-state index contributed by atoms with van der Waals surface area (Å²) in [6.45, 7) is 3.67. The third-order valence-electron chi connectivity index (χ3n) is 3.35. The van der Waals surface area contributed by atoms with Gasteiger partial charge in [0.05, 0.1) is 7.11 Å². The number of rotatable bonds is 2. The van der Waals surface area contributed by atoms with Crippen LogP contribution in [0.2, 0.25) is 0 Å². The number of hydrogen-bond donors (Lipinski definition) is 1. The average Bonchev–Trinajstić information content (AvgIpc) is 2.44. The van der Waals surface area contributed by atoms with Crippen LogP contribution in [0.15, 0.2) is 18.2 Å². The Hall–Kier alpha value is -1.43. The largest absolute Gasteiger partial charge is 0.497 e. The number of methoxy groups -OCH3 is 1. The second kappa shape index (κ2) is 5.16. The maximum absolute atomic E-state index is 12.8. The van der Waals surface area contributed by atoms with E-state index in [9.17, 15) is 13.2 Å². The molecular weight excluding hydrogens is 269 g/mol. The molecule has 2 rings (SSSR count). The average molecular weight is 288 g/mol. The van der Waals surface area contributed by atoms with Crippen molar-refractivity contribution in [3.05, 3.63) is 23.8 Å². The predicted molar refractivity (Wildman–Crippen MR) is 72.2 cm³/mol. The topological polar surface area (TPSA) is 24.5 Å². The van der Waals surface area contributed by atoms with Crippen molar-refractivity contribution in [1.82, 2.24) is 5.32 Å². The molecule has 0 radical (unpaired) electrons. The van der Waals surface area contributed by atoms with E-state index in [1.54, 1.807) is 12.1 Å². The van der Waals surface area contributed by atoms with Gasteiger partial charge < -0.3 is 15.0 Å². The number of halogens is 3. The standard InChI is InChI=1S/C14H19F3N2O/c1-13(2)8-19(9-14(15,16)17)12-6-11(20-3)5-4-10(12)7-18-13/h4-6,18H,7-9H2,1-3H3. The molecule has 1 aromatic rings. The highest BCUT2D eigenvalue weighted by Gasteiger charge is 2.35. The number of ether oxygens (including phenoxy) is 1. The molecule has 1 heterocycles. The number of nitrogens with zero attached hydrogens (tertiary/aromatic N) is 1. The molecule has 20 heavy (non-hydrogen) atoms. The molecule has 0 spiro atoms. The first-order valence-electron chi connectivity index (χ1n) is 6.44. The fourth-order valence-corrected chi connectivity index (χ4v) is 2.42. The Bertz CT molecular complexity index is 486. The summed E-state index contributed by atoms with van der Waals surface area (Å²) in [5, 5.41) is 3.28. The smallest absolute Gasteiger partial charge is 0.405 e. The summed E-state index contributed by atoms with van der Waals surface area (Å²) >= 11 is 0. The first kappa shape index (κ1) is 15.0. The van der Waals surface area contributed by atoms with Gasteiger partial charge in [-0.25, -0.2) is 0 Å². The fourth-order valence-electron chi connectivity index (χ4n) is 2.42. The zero-order valence-electron chi connectivity index (χ0n) is 11.8. The number of alkyl halides is 3. The van der Waals surface area contributed by atoms with E-state index in [-0.39, 0.29) is 6.54 Å². The molecule has 3 nitrogen and oxygen atoms in total. The molecule has 0 atom stereocenters. The molecule has 0 saturated carbocycles. The van der Waals surface area contributed by atoms with E-state index >= 15 is 0 Å². The predicted octanol–water partition coefficient (Wildman–Crippen LogP) is 2.95. The van der Waals surface area contributed by atoms with E-state index in [0.717, 1.165) is 5.56 Å². The van der Waals surface area contributed by atoms with Gasteiger partial charge in [0, 0.05) is 30.4 Å². The zero-order chi connectivity index (χ0) is 15.0. The number of anilines is 1. The maximum atomic E-state index is 12.8. The highest BCUT2D eigenvalue weighted by atomic mass is 19.4. The number of hydrogen-bond acceptors (Lipinski definition) is 3. The van der Waals surface area contributed by atoms with Crippen molar-refractivity contribution in [2.75, 3.05) is 25.1 Å². The second-order valence-corrected chi connectivity index (χ2v) is 5.70. The second-order valence-electron chi connectivity index (χ2n) is 5.70. The third kappa shape index (κ3) is 3.56. The normalized spacial score (nSPS) is 18.4. The summed E-state index contributed by atoms with van der Waals surface area (Å²) < 4.78 is 43.5. The summed E-state index contributed by atoms with van der Waals surface area (Å²) in [5.74, 6) is 0.565. The lowest BCUT2D eigenvalue weighted by molar-refractivity contribution is -0.120. The van der Waals surface area contributed by atoms with Crippen LogP contribution in [0.25, 0.3) is 0 Å². The van der Waals surface area contributed by atoms with Crippen LogP contribution in [0, 0.1) is 0 Å². The van der Waals surface area contributed by atoms with Crippen molar-refractivity contribution in [2.24, 2.45) is 0 Å². The van der Waals surface area contributed by atoms with Crippen LogP contribution in [0.5, 0.6) is 5.75 Å². The molecule has 0 aliphatic carbocycles. The summed E-state index contributed by atoms with van der Waals surface area (Å²) in [6.07, 6.45) is -4.24. The van der Waals surface area contributed by atoms with Crippen molar-refractivity contribution in [2.45, 2.75) is 32.1 Å². The third-order valence-corrected chi connectivity index (χ3v) is 3.35. The van der Waals surface area contributed by atoms with E-state index < -0.39 is 18.3 Å². The van der Waals surface area contributed by atoms with E-state index in [1.165, 1.54) is 12.0 Å². The molecule has 1 aliphatic heterocycles. The van der Waals surface area contributed by atoms with Crippen molar-refractivity contribution in [3.63, 3.8) is 0 Å². The lowest BCUT2D eigenvalue weighted by atomic mass is 10.1. The van der Waals surface area contributed by atoms with Gasteiger partial charge in [0.15, 0.2) is 0 Å². The lowest BCUT2D eigenvalue weighted by Crippen LogP contribution is -2.48. The number of fused-ring (bicyclic) bond motifs is 1. The van der Waals surface area contributed by atoms with Gasteiger partial charge in [-0.05, 0) is 25.5 Å². The van der Waals surface area contributed by atoms with Crippen LogP contribution in [-0.2, 0) is 6.54 Å². The molecule has 1 N–H and O–H groups in total. The van der Waals surface area contributed by atoms with Crippen molar-refractivity contribution >= 4 is 5.69 Å². The minimum Gasteiger partial charge on any atom is -0.497 e.